The molecule has 6 heteroatoms. The Kier molecular flexibility index (Phi) is 4.13. The molecule has 0 heterocycles. The molecule has 0 bridgehead atoms. The number of hydrogen-bond acceptors (Lipinski definition) is 3. The molecule has 0 atom stereocenters. The number of rotatable bonds is 4. The Morgan fingerprint density at radius 1 is 1.15 bits per heavy atom. The topological polar surface area (TPSA) is 70.0 Å². The summed E-state index contributed by atoms with van der Waals surface area (Å²) in [5.74, 6) is -0.417. The maximum atomic E-state index is 13.0. The van der Waals surface area contributed by atoms with Gasteiger partial charge in [0.15, 0.2) is 0 Å². The lowest BCUT2D eigenvalue weighted by molar-refractivity contribution is 0.580. The lowest BCUT2D eigenvalue weighted by Crippen LogP contribution is -2.23. The van der Waals surface area contributed by atoms with Crippen molar-refractivity contribution < 1.29 is 12.8 Å². The minimum absolute atomic E-state index is 0.0000940. The van der Waals surface area contributed by atoms with Crippen molar-refractivity contribution in [3.8, 4) is 6.07 Å². The van der Waals surface area contributed by atoms with Crippen molar-refractivity contribution in [3.63, 3.8) is 0 Å². The van der Waals surface area contributed by atoms with E-state index in [2.05, 4.69) is 4.72 Å². The first kappa shape index (κ1) is 14.2. The van der Waals surface area contributed by atoms with E-state index < -0.39 is 15.8 Å². The summed E-state index contributed by atoms with van der Waals surface area (Å²) in [5, 5.41) is 8.66. The summed E-state index contributed by atoms with van der Waals surface area (Å²) >= 11 is 0. The number of nitrogens with one attached hydrogen (secondary N) is 1. The van der Waals surface area contributed by atoms with Crippen LogP contribution in [-0.2, 0) is 16.6 Å². The molecule has 0 saturated heterocycles. The number of hydrogen-bond donors (Lipinski definition) is 1. The molecule has 2 aromatic rings. The Balaban J connectivity index is 2.13. The molecule has 0 aromatic heterocycles. The second kappa shape index (κ2) is 5.82. The summed E-state index contributed by atoms with van der Waals surface area (Å²) in [5.41, 5.74) is 0.913. The zero-order valence-corrected chi connectivity index (χ0v) is 11.2. The standard InChI is InChI=1S/C14H11FN2O2S/c15-13-3-1-2-12(8-13)10-17-20(18,19)14-6-4-11(9-16)5-7-14/h1-8,17H,10H2. The fraction of sp³-hybridized carbons (Fsp3) is 0.0714. The molecule has 0 aliphatic carbocycles. The van der Waals surface area contributed by atoms with E-state index in [1.165, 1.54) is 42.5 Å². The van der Waals surface area contributed by atoms with Gasteiger partial charge in [-0.1, -0.05) is 12.1 Å². The molecule has 20 heavy (non-hydrogen) atoms. The molecule has 4 nitrogen and oxygen atoms in total. The number of halogens is 1. The zero-order chi connectivity index (χ0) is 14.6. The molecule has 0 spiro atoms. The highest BCUT2D eigenvalue weighted by molar-refractivity contribution is 7.89. The first-order valence-electron chi connectivity index (χ1n) is 5.75. The molecule has 0 radical (unpaired) electrons. The van der Waals surface area contributed by atoms with E-state index in [0.29, 0.717) is 11.1 Å². The van der Waals surface area contributed by atoms with Crippen LogP contribution < -0.4 is 4.72 Å². The van der Waals surface area contributed by atoms with E-state index >= 15 is 0 Å². The van der Waals surface area contributed by atoms with Crippen molar-refractivity contribution in [3.05, 3.63) is 65.5 Å². The number of nitrogens with zero attached hydrogens (tertiary/aromatic N) is 1. The Morgan fingerprint density at radius 2 is 1.85 bits per heavy atom. The Bertz CT molecular complexity index is 749. The van der Waals surface area contributed by atoms with E-state index in [1.54, 1.807) is 6.07 Å². The fourth-order valence-electron chi connectivity index (χ4n) is 1.62. The van der Waals surface area contributed by atoms with Gasteiger partial charge in [0, 0.05) is 6.54 Å². The average Bonchev–Trinajstić information content (AvgIpc) is 2.45. The van der Waals surface area contributed by atoms with Gasteiger partial charge in [-0.15, -0.1) is 0 Å². The smallest absolute Gasteiger partial charge is 0.207 e. The fourth-order valence-corrected chi connectivity index (χ4v) is 2.63. The summed E-state index contributed by atoms with van der Waals surface area (Å²) in [7, 11) is -3.68. The highest BCUT2D eigenvalue weighted by atomic mass is 32.2. The van der Waals surface area contributed by atoms with Gasteiger partial charge in [-0.3, -0.25) is 0 Å². The van der Waals surface area contributed by atoms with Crippen LogP contribution >= 0.6 is 0 Å². The predicted octanol–water partition coefficient (Wildman–Crippen LogP) is 2.18. The summed E-state index contributed by atoms with van der Waals surface area (Å²) in [6.07, 6.45) is 0. The van der Waals surface area contributed by atoms with E-state index in [-0.39, 0.29) is 11.4 Å². The number of benzene rings is 2. The SMILES string of the molecule is N#Cc1ccc(S(=O)(=O)NCc2cccc(F)c2)cc1. The van der Waals surface area contributed by atoms with Crippen LogP contribution in [0.15, 0.2) is 53.4 Å². The van der Waals surface area contributed by atoms with E-state index in [0.717, 1.165) is 0 Å². The second-order valence-electron chi connectivity index (χ2n) is 4.09. The molecule has 2 rings (SSSR count). The Hall–Kier alpha value is -2.23. The molecule has 0 saturated carbocycles. The van der Waals surface area contributed by atoms with Gasteiger partial charge in [-0.2, -0.15) is 5.26 Å². The molecule has 102 valence electrons. The first-order chi connectivity index (χ1) is 9.51. The van der Waals surface area contributed by atoms with Gasteiger partial charge in [0.1, 0.15) is 5.82 Å². The van der Waals surface area contributed by atoms with Crippen molar-refractivity contribution in [2.75, 3.05) is 0 Å². The van der Waals surface area contributed by atoms with Gasteiger partial charge < -0.3 is 0 Å². The molecular weight excluding hydrogens is 279 g/mol. The molecule has 0 unspecified atom stereocenters. The summed E-state index contributed by atoms with van der Waals surface area (Å²) in [6.45, 7) is 0.0000940. The maximum absolute atomic E-state index is 13.0. The van der Waals surface area contributed by atoms with Crippen LogP contribution in [0.1, 0.15) is 11.1 Å². The van der Waals surface area contributed by atoms with Crippen molar-refractivity contribution >= 4 is 10.0 Å². The highest BCUT2D eigenvalue weighted by Gasteiger charge is 2.13. The molecule has 0 fully saturated rings. The van der Waals surface area contributed by atoms with Crippen LogP contribution in [0.5, 0.6) is 0 Å². The summed E-state index contributed by atoms with van der Waals surface area (Å²) in [4.78, 5) is 0.0629. The molecule has 0 aliphatic heterocycles. The van der Waals surface area contributed by atoms with Gasteiger partial charge in [0.05, 0.1) is 16.5 Å². The molecule has 1 N–H and O–H groups in total. The maximum Gasteiger partial charge on any atom is 0.240 e. The van der Waals surface area contributed by atoms with Crippen LogP contribution in [0.3, 0.4) is 0 Å². The Morgan fingerprint density at radius 3 is 2.45 bits per heavy atom. The monoisotopic (exact) mass is 290 g/mol. The summed E-state index contributed by atoms with van der Waals surface area (Å²) < 4.78 is 39.4. The van der Waals surface area contributed by atoms with Crippen LogP contribution in [0.4, 0.5) is 4.39 Å². The second-order valence-corrected chi connectivity index (χ2v) is 5.86. The van der Waals surface area contributed by atoms with Gasteiger partial charge in [0.25, 0.3) is 0 Å². The van der Waals surface area contributed by atoms with Gasteiger partial charge in [0.2, 0.25) is 10.0 Å². The molecule has 0 aliphatic rings. The van der Waals surface area contributed by atoms with Gasteiger partial charge in [-0.05, 0) is 42.0 Å². The first-order valence-corrected chi connectivity index (χ1v) is 7.24. The summed E-state index contributed by atoms with van der Waals surface area (Å²) in [6, 6.07) is 13.2. The minimum atomic E-state index is -3.68. The molecule has 0 amide bonds. The average molecular weight is 290 g/mol. The third-order valence-electron chi connectivity index (χ3n) is 2.65. The number of nitriles is 1. The van der Waals surface area contributed by atoms with Gasteiger partial charge in [-0.25, -0.2) is 17.5 Å². The lowest BCUT2D eigenvalue weighted by Gasteiger charge is -2.07. The molecular formula is C14H11FN2O2S. The Labute approximate surface area is 116 Å². The lowest BCUT2D eigenvalue weighted by atomic mass is 10.2. The zero-order valence-electron chi connectivity index (χ0n) is 10.4. The number of sulfonamides is 1. The minimum Gasteiger partial charge on any atom is -0.207 e. The van der Waals surface area contributed by atoms with Crippen molar-refractivity contribution in [2.45, 2.75) is 11.4 Å². The largest absolute Gasteiger partial charge is 0.240 e. The van der Waals surface area contributed by atoms with Crippen molar-refractivity contribution in [1.82, 2.24) is 4.72 Å². The quantitative estimate of drug-likeness (QED) is 0.938. The van der Waals surface area contributed by atoms with E-state index in [4.69, 9.17) is 5.26 Å². The van der Waals surface area contributed by atoms with Crippen LogP contribution in [0, 0.1) is 17.1 Å². The van der Waals surface area contributed by atoms with Crippen molar-refractivity contribution in [2.24, 2.45) is 0 Å². The van der Waals surface area contributed by atoms with Gasteiger partial charge >= 0.3 is 0 Å². The van der Waals surface area contributed by atoms with E-state index in [1.807, 2.05) is 6.07 Å². The predicted molar refractivity (Wildman–Crippen MR) is 71.6 cm³/mol. The normalized spacial score (nSPS) is 11.0. The molecule has 2 aromatic carbocycles. The highest BCUT2D eigenvalue weighted by Crippen LogP contribution is 2.11. The van der Waals surface area contributed by atoms with Crippen LogP contribution in [0.25, 0.3) is 0 Å². The van der Waals surface area contributed by atoms with Crippen LogP contribution in [-0.4, -0.2) is 8.42 Å². The van der Waals surface area contributed by atoms with Crippen LogP contribution in [0.2, 0.25) is 0 Å². The van der Waals surface area contributed by atoms with E-state index in [9.17, 15) is 12.8 Å². The third kappa shape index (κ3) is 3.41. The third-order valence-corrected chi connectivity index (χ3v) is 4.07. The van der Waals surface area contributed by atoms with Crippen molar-refractivity contribution in [1.29, 1.82) is 5.26 Å².